The quantitative estimate of drug-likeness (QED) is 0.867. The Morgan fingerprint density at radius 2 is 2.05 bits per heavy atom. The first-order chi connectivity index (χ1) is 10.4. The summed E-state index contributed by atoms with van der Waals surface area (Å²) in [6.45, 7) is 5.74. The summed E-state index contributed by atoms with van der Waals surface area (Å²) in [5.74, 6) is 0.253. The fraction of sp³-hybridized carbons (Fsp3) is 0.625. The monoisotopic (exact) mass is 307 g/mol. The number of hydrogen-bond acceptors (Lipinski definition) is 5. The molecular weight excluding hydrogens is 282 g/mol. The van der Waals surface area contributed by atoms with Crippen LogP contribution < -0.4 is 10.7 Å². The van der Waals surface area contributed by atoms with Gasteiger partial charge >= 0.3 is 0 Å². The van der Waals surface area contributed by atoms with Crippen molar-refractivity contribution in [3.63, 3.8) is 0 Å². The van der Waals surface area contributed by atoms with Crippen molar-refractivity contribution in [1.29, 1.82) is 0 Å². The van der Waals surface area contributed by atoms with Gasteiger partial charge in [-0.25, -0.2) is 0 Å². The molecule has 1 fully saturated rings. The number of amides is 1. The fourth-order valence-corrected chi connectivity index (χ4v) is 2.61. The summed E-state index contributed by atoms with van der Waals surface area (Å²) >= 11 is 0. The lowest BCUT2D eigenvalue weighted by atomic mass is 10.0. The van der Waals surface area contributed by atoms with Crippen molar-refractivity contribution < 1.29 is 9.21 Å². The Morgan fingerprint density at radius 3 is 2.64 bits per heavy atom. The number of aryl methyl sites for hydroxylation is 1. The van der Waals surface area contributed by atoms with Gasteiger partial charge in [-0.3, -0.25) is 9.59 Å². The molecule has 1 aliphatic rings. The van der Waals surface area contributed by atoms with Crippen LogP contribution >= 0.6 is 0 Å². The highest BCUT2D eigenvalue weighted by atomic mass is 16.3. The van der Waals surface area contributed by atoms with Gasteiger partial charge in [0.25, 0.3) is 5.91 Å². The van der Waals surface area contributed by atoms with Crippen LogP contribution in [0.1, 0.15) is 29.2 Å². The largest absolute Gasteiger partial charge is 0.456 e. The van der Waals surface area contributed by atoms with Crippen molar-refractivity contribution in [2.45, 2.75) is 25.8 Å². The summed E-state index contributed by atoms with van der Waals surface area (Å²) in [6, 6.07) is 2.77. The standard InChI is InChI=1S/C16H25N3O3/c1-12-10-14(20)11-15(22-12)16(21)17-13-4-6-19(7-5-13)9-8-18(2)3/h10-11,13H,4-9H2,1-3H3,(H,17,21). The zero-order valence-electron chi connectivity index (χ0n) is 13.6. The van der Waals surface area contributed by atoms with E-state index in [-0.39, 0.29) is 23.1 Å². The van der Waals surface area contributed by atoms with E-state index in [1.54, 1.807) is 6.92 Å². The third-order valence-corrected chi connectivity index (χ3v) is 3.90. The third kappa shape index (κ3) is 4.96. The molecule has 2 rings (SSSR count). The predicted octanol–water partition coefficient (Wildman–Crippen LogP) is 0.704. The highest BCUT2D eigenvalue weighted by Crippen LogP contribution is 2.11. The topological polar surface area (TPSA) is 65.8 Å². The van der Waals surface area contributed by atoms with Crippen molar-refractivity contribution in [3.05, 3.63) is 33.9 Å². The molecule has 0 radical (unpaired) electrons. The number of likely N-dealkylation sites (N-methyl/N-ethyl adjacent to an activating group) is 1. The second-order valence-electron chi connectivity index (χ2n) is 6.16. The Bertz CT molecular complexity index is 560. The number of carbonyl (C=O) groups excluding carboxylic acids is 1. The van der Waals surface area contributed by atoms with E-state index < -0.39 is 0 Å². The maximum atomic E-state index is 12.1. The molecule has 0 saturated carbocycles. The molecule has 1 saturated heterocycles. The number of piperidine rings is 1. The zero-order valence-corrected chi connectivity index (χ0v) is 13.6. The minimum Gasteiger partial charge on any atom is -0.456 e. The van der Waals surface area contributed by atoms with E-state index in [9.17, 15) is 9.59 Å². The molecule has 1 aromatic rings. The number of nitrogens with zero attached hydrogens (tertiary/aromatic N) is 2. The third-order valence-electron chi connectivity index (χ3n) is 3.90. The summed E-state index contributed by atoms with van der Waals surface area (Å²) in [6.07, 6.45) is 1.85. The van der Waals surface area contributed by atoms with Crippen LogP contribution in [-0.4, -0.2) is 62.0 Å². The Balaban J connectivity index is 1.83. The first-order valence-electron chi connectivity index (χ1n) is 7.74. The molecule has 22 heavy (non-hydrogen) atoms. The van der Waals surface area contributed by atoms with E-state index in [0.717, 1.165) is 39.0 Å². The normalized spacial score (nSPS) is 16.9. The number of rotatable bonds is 5. The minimum atomic E-state index is -0.299. The zero-order chi connectivity index (χ0) is 16.1. The van der Waals surface area contributed by atoms with Gasteiger partial charge < -0.3 is 19.5 Å². The summed E-state index contributed by atoms with van der Waals surface area (Å²) in [4.78, 5) is 28.2. The first kappa shape index (κ1) is 16.7. The van der Waals surface area contributed by atoms with Gasteiger partial charge in [0.1, 0.15) is 5.76 Å². The molecule has 1 aromatic heterocycles. The van der Waals surface area contributed by atoms with E-state index in [4.69, 9.17) is 4.42 Å². The van der Waals surface area contributed by atoms with Gasteiger partial charge in [-0.2, -0.15) is 0 Å². The van der Waals surface area contributed by atoms with Gasteiger partial charge in [-0.15, -0.1) is 0 Å². The second kappa shape index (κ2) is 7.56. The molecule has 6 nitrogen and oxygen atoms in total. The minimum absolute atomic E-state index is 0.0973. The molecule has 1 N–H and O–H groups in total. The molecule has 0 bridgehead atoms. The fourth-order valence-electron chi connectivity index (χ4n) is 2.61. The predicted molar refractivity (Wildman–Crippen MR) is 85.2 cm³/mol. The Kier molecular flexibility index (Phi) is 5.74. The SMILES string of the molecule is Cc1cc(=O)cc(C(=O)NC2CCN(CCN(C)C)CC2)o1. The van der Waals surface area contributed by atoms with Crippen molar-refractivity contribution in [2.24, 2.45) is 0 Å². The average Bonchev–Trinajstić information content (AvgIpc) is 2.45. The first-order valence-corrected chi connectivity index (χ1v) is 7.74. The van der Waals surface area contributed by atoms with Crippen molar-refractivity contribution in [2.75, 3.05) is 40.3 Å². The van der Waals surface area contributed by atoms with Crippen molar-refractivity contribution in [1.82, 2.24) is 15.1 Å². The van der Waals surface area contributed by atoms with Crippen molar-refractivity contribution >= 4 is 5.91 Å². The van der Waals surface area contributed by atoms with Gasteiger partial charge in [0, 0.05) is 44.4 Å². The number of likely N-dealkylation sites (tertiary alicyclic amines) is 1. The summed E-state index contributed by atoms with van der Waals surface area (Å²) in [5.41, 5.74) is -0.201. The van der Waals surface area contributed by atoms with Gasteiger partial charge in [0.05, 0.1) is 0 Å². The van der Waals surface area contributed by atoms with Crippen LogP contribution in [0.5, 0.6) is 0 Å². The Morgan fingerprint density at radius 1 is 1.36 bits per heavy atom. The molecule has 0 aliphatic carbocycles. The molecule has 6 heteroatoms. The highest BCUT2D eigenvalue weighted by Gasteiger charge is 2.22. The average molecular weight is 307 g/mol. The van der Waals surface area contributed by atoms with E-state index in [2.05, 4.69) is 29.2 Å². The lowest BCUT2D eigenvalue weighted by molar-refractivity contribution is 0.0877. The highest BCUT2D eigenvalue weighted by molar-refractivity contribution is 5.91. The van der Waals surface area contributed by atoms with Crippen LogP contribution in [0, 0.1) is 6.92 Å². The molecule has 1 amide bonds. The molecule has 0 spiro atoms. The molecule has 1 aliphatic heterocycles. The van der Waals surface area contributed by atoms with E-state index in [1.807, 2.05) is 0 Å². The number of hydrogen-bond donors (Lipinski definition) is 1. The van der Waals surface area contributed by atoms with Crippen LogP contribution in [0.4, 0.5) is 0 Å². The van der Waals surface area contributed by atoms with E-state index >= 15 is 0 Å². The summed E-state index contributed by atoms with van der Waals surface area (Å²) in [5, 5.41) is 2.97. The molecular formula is C16H25N3O3. The number of carbonyl (C=O) groups is 1. The van der Waals surface area contributed by atoms with Crippen LogP contribution in [0.2, 0.25) is 0 Å². The second-order valence-corrected chi connectivity index (χ2v) is 6.16. The maximum Gasteiger partial charge on any atom is 0.287 e. The van der Waals surface area contributed by atoms with Gasteiger partial charge in [0.15, 0.2) is 11.2 Å². The van der Waals surface area contributed by atoms with Crippen LogP contribution in [0.3, 0.4) is 0 Å². The van der Waals surface area contributed by atoms with Gasteiger partial charge in [0.2, 0.25) is 0 Å². The van der Waals surface area contributed by atoms with E-state index in [0.29, 0.717) is 5.76 Å². The number of nitrogens with one attached hydrogen (secondary N) is 1. The Labute approximate surface area is 131 Å². The van der Waals surface area contributed by atoms with Gasteiger partial charge in [-0.05, 0) is 33.9 Å². The van der Waals surface area contributed by atoms with Crippen LogP contribution in [0.15, 0.2) is 21.3 Å². The van der Waals surface area contributed by atoms with Gasteiger partial charge in [-0.1, -0.05) is 0 Å². The van der Waals surface area contributed by atoms with E-state index in [1.165, 1.54) is 12.1 Å². The van der Waals surface area contributed by atoms with Crippen LogP contribution in [0.25, 0.3) is 0 Å². The lowest BCUT2D eigenvalue weighted by Gasteiger charge is -2.32. The molecule has 0 atom stereocenters. The smallest absolute Gasteiger partial charge is 0.287 e. The molecule has 0 aromatic carbocycles. The Hall–Kier alpha value is -1.66. The molecule has 2 heterocycles. The van der Waals surface area contributed by atoms with Crippen molar-refractivity contribution in [3.8, 4) is 0 Å². The summed E-state index contributed by atoms with van der Waals surface area (Å²) in [7, 11) is 4.14. The molecule has 0 unspecified atom stereocenters. The van der Waals surface area contributed by atoms with Crippen LogP contribution in [-0.2, 0) is 0 Å². The lowest BCUT2D eigenvalue weighted by Crippen LogP contribution is -2.46. The molecule has 122 valence electrons. The summed E-state index contributed by atoms with van der Waals surface area (Å²) < 4.78 is 5.32. The maximum absolute atomic E-state index is 12.1.